The van der Waals surface area contributed by atoms with Crippen molar-refractivity contribution < 1.29 is 14.3 Å². The van der Waals surface area contributed by atoms with Gasteiger partial charge in [-0.15, -0.1) is 12.4 Å². The SMILES string of the molecule is CCOC(=O)C[C@H](N)c1ccc2cc(OC)ccc2c1.Cl. The number of hydrogen-bond donors (Lipinski definition) is 1. The number of esters is 1. The molecule has 0 aliphatic heterocycles. The average Bonchev–Trinajstić information content (AvgIpc) is 2.46. The molecule has 1 atom stereocenters. The fourth-order valence-electron chi connectivity index (χ4n) is 2.12. The largest absolute Gasteiger partial charge is 0.497 e. The Morgan fingerprint density at radius 2 is 1.86 bits per heavy atom. The van der Waals surface area contributed by atoms with Crippen LogP contribution in [0.2, 0.25) is 0 Å². The van der Waals surface area contributed by atoms with E-state index in [1.54, 1.807) is 14.0 Å². The number of hydrogen-bond acceptors (Lipinski definition) is 4. The van der Waals surface area contributed by atoms with Crippen LogP contribution in [-0.2, 0) is 9.53 Å². The van der Waals surface area contributed by atoms with Crippen molar-refractivity contribution >= 4 is 29.1 Å². The number of fused-ring (bicyclic) bond motifs is 1. The van der Waals surface area contributed by atoms with Crippen LogP contribution in [0.1, 0.15) is 24.9 Å². The topological polar surface area (TPSA) is 61.5 Å². The molecule has 0 heterocycles. The predicted octanol–water partition coefficient (Wildman–Crippen LogP) is 3.22. The van der Waals surface area contributed by atoms with Crippen LogP contribution in [0.3, 0.4) is 0 Å². The van der Waals surface area contributed by atoms with Crippen molar-refractivity contribution in [3.8, 4) is 5.75 Å². The van der Waals surface area contributed by atoms with Crippen molar-refractivity contribution in [1.29, 1.82) is 0 Å². The highest BCUT2D eigenvalue weighted by atomic mass is 35.5. The summed E-state index contributed by atoms with van der Waals surface area (Å²) in [4.78, 5) is 11.5. The van der Waals surface area contributed by atoms with Gasteiger partial charge in [0.25, 0.3) is 0 Å². The molecule has 114 valence electrons. The summed E-state index contributed by atoms with van der Waals surface area (Å²) in [5, 5.41) is 2.15. The first-order valence-electron chi connectivity index (χ1n) is 6.63. The summed E-state index contributed by atoms with van der Waals surface area (Å²) in [7, 11) is 1.64. The molecule has 0 radical (unpaired) electrons. The van der Waals surface area contributed by atoms with Gasteiger partial charge < -0.3 is 15.2 Å². The van der Waals surface area contributed by atoms with Crippen molar-refractivity contribution in [2.45, 2.75) is 19.4 Å². The van der Waals surface area contributed by atoms with Crippen molar-refractivity contribution in [1.82, 2.24) is 0 Å². The Morgan fingerprint density at radius 1 is 1.19 bits per heavy atom. The molecule has 0 unspecified atom stereocenters. The first kappa shape index (κ1) is 17.3. The minimum atomic E-state index is -0.347. The fraction of sp³-hybridized carbons (Fsp3) is 0.312. The number of rotatable bonds is 5. The van der Waals surface area contributed by atoms with E-state index in [1.807, 2.05) is 36.4 Å². The van der Waals surface area contributed by atoms with Crippen LogP contribution in [0.4, 0.5) is 0 Å². The van der Waals surface area contributed by atoms with Gasteiger partial charge >= 0.3 is 5.97 Å². The number of carbonyl (C=O) groups excluding carboxylic acids is 1. The van der Waals surface area contributed by atoms with Gasteiger partial charge in [0.15, 0.2) is 0 Å². The van der Waals surface area contributed by atoms with Gasteiger partial charge in [0.1, 0.15) is 5.75 Å². The summed E-state index contributed by atoms with van der Waals surface area (Å²) >= 11 is 0. The summed E-state index contributed by atoms with van der Waals surface area (Å²) in [5.74, 6) is 0.552. The molecule has 0 saturated carbocycles. The average molecular weight is 310 g/mol. The van der Waals surface area contributed by atoms with Crippen LogP contribution >= 0.6 is 12.4 Å². The zero-order chi connectivity index (χ0) is 14.5. The molecule has 0 amide bonds. The van der Waals surface area contributed by atoms with Gasteiger partial charge in [-0.1, -0.05) is 18.2 Å². The summed E-state index contributed by atoms with van der Waals surface area (Å²) in [6.07, 6.45) is 0.190. The van der Waals surface area contributed by atoms with Crippen molar-refractivity contribution in [3.05, 3.63) is 42.0 Å². The smallest absolute Gasteiger partial charge is 0.307 e. The maximum atomic E-state index is 11.5. The van der Waals surface area contributed by atoms with Crippen LogP contribution in [0, 0.1) is 0 Å². The zero-order valence-electron chi connectivity index (χ0n) is 12.2. The van der Waals surface area contributed by atoms with Gasteiger partial charge in [0.05, 0.1) is 20.1 Å². The standard InChI is InChI=1S/C16H19NO3.ClH/c1-3-20-16(18)10-15(17)13-5-4-12-9-14(19-2)7-6-11(12)8-13;/h4-9,15H,3,10,17H2,1-2H3;1H/t15-;/m0./s1. The lowest BCUT2D eigenvalue weighted by Gasteiger charge is -2.12. The zero-order valence-corrected chi connectivity index (χ0v) is 13.0. The molecule has 0 saturated heterocycles. The normalized spacial score (nSPS) is 11.6. The summed E-state index contributed by atoms with van der Waals surface area (Å²) < 4.78 is 10.1. The molecule has 0 spiro atoms. The van der Waals surface area contributed by atoms with Crippen molar-refractivity contribution in [3.63, 3.8) is 0 Å². The highest BCUT2D eigenvalue weighted by molar-refractivity contribution is 5.85. The highest BCUT2D eigenvalue weighted by Crippen LogP contribution is 2.24. The lowest BCUT2D eigenvalue weighted by Crippen LogP contribution is -2.17. The minimum Gasteiger partial charge on any atom is -0.497 e. The maximum Gasteiger partial charge on any atom is 0.307 e. The van der Waals surface area contributed by atoms with Crippen LogP contribution in [0.25, 0.3) is 10.8 Å². The number of carbonyl (C=O) groups is 1. The monoisotopic (exact) mass is 309 g/mol. The number of methoxy groups -OCH3 is 1. The Labute approximate surface area is 130 Å². The number of benzene rings is 2. The van der Waals surface area contributed by atoms with E-state index in [9.17, 15) is 4.79 Å². The quantitative estimate of drug-likeness (QED) is 0.861. The molecule has 0 bridgehead atoms. The molecule has 2 aromatic rings. The molecular weight excluding hydrogens is 290 g/mol. The Balaban J connectivity index is 0.00000220. The van der Waals surface area contributed by atoms with Crippen LogP contribution in [0.15, 0.2) is 36.4 Å². The van der Waals surface area contributed by atoms with E-state index in [0.29, 0.717) is 6.61 Å². The van der Waals surface area contributed by atoms with E-state index < -0.39 is 0 Å². The summed E-state index contributed by atoms with van der Waals surface area (Å²) in [5.41, 5.74) is 6.97. The first-order valence-corrected chi connectivity index (χ1v) is 6.63. The van der Waals surface area contributed by atoms with Crippen molar-refractivity contribution in [2.75, 3.05) is 13.7 Å². The molecule has 2 rings (SSSR count). The summed E-state index contributed by atoms with van der Waals surface area (Å²) in [6, 6.07) is 11.4. The lowest BCUT2D eigenvalue weighted by molar-refractivity contribution is -0.143. The predicted molar refractivity (Wildman–Crippen MR) is 85.9 cm³/mol. The highest BCUT2D eigenvalue weighted by Gasteiger charge is 2.12. The first-order chi connectivity index (χ1) is 9.63. The van der Waals surface area contributed by atoms with E-state index in [0.717, 1.165) is 22.1 Å². The number of halogens is 1. The third-order valence-corrected chi connectivity index (χ3v) is 3.19. The van der Waals surface area contributed by atoms with Gasteiger partial charge in [0, 0.05) is 6.04 Å². The van der Waals surface area contributed by atoms with Gasteiger partial charge in [-0.3, -0.25) is 4.79 Å². The second-order valence-electron chi connectivity index (χ2n) is 4.59. The molecule has 0 aromatic heterocycles. The Kier molecular flexibility index (Phi) is 6.46. The molecule has 2 N–H and O–H groups in total. The molecule has 0 aliphatic rings. The van der Waals surface area contributed by atoms with E-state index in [1.165, 1.54) is 0 Å². The third kappa shape index (κ3) is 4.34. The third-order valence-electron chi connectivity index (χ3n) is 3.19. The van der Waals surface area contributed by atoms with Gasteiger partial charge in [0.2, 0.25) is 0 Å². The minimum absolute atomic E-state index is 0. The van der Waals surface area contributed by atoms with Gasteiger partial charge in [-0.2, -0.15) is 0 Å². The Hall–Kier alpha value is -1.78. The van der Waals surface area contributed by atoms with Gasteiger partial charge in [-0.05, 0) is 41.5 Å². The fourth-order valence-corrected chi connectivity index (χ4v) is 2.12. The molecule has 0 aliphatic carbocycles. The molecule has 21 heavy (non-hydrogen) atoms. The second-order valence-corrected chi connectivity index (χ2v) is 4.59. The van der Waals surface area contributed by atoms with E-state index in [2.05, 4.69) is 0 Å². The Morgan fingerprint density at radius 3 is 2.52 bits per heavy atom. The Bertz CT molecular complexity index is 615. The molecule has 4 nitrogen and oxygen atoms in total. The van der Waals surface area contributed by atoms with Gasteiger partial charge in [-0.25, -0.2) is 0 Å². The molecular formula is C16H20ClNO3. The maximum absolute atomic E-state index is 11.5. The van der Waals surface area contributed by atoms with E-state index in [4.69, 9.17) is 15.2 Å². The summed E-state index contributed by atoms with van der Waals surface area (Å²) in [6.45, 7) is 2.16. The van der Waals surface area contributed by atoms with Crippen LogP contribution < -0.4 is 10.5 Å². The number of nitrogens with two attached hydrogens (primary N) is 1. The number of ether oxygens (including phenoxy) is 2. The molecule has 5 heteroatoms. The van der Waals surface area contributed by atoms with Crippen LogP contribution in [0.5, 0.6) is 5.75 Å². The molecule has 0 fully saturated rings. The second kappa shape index (κ2) is 7.86. The molecule has 2 aromatic carbocycles. The van der Waals surface area contributed by atoms with Crippen molar-refractivity contribution in [2.24, 2.45) is 5.73 Å². The lowest BCUT2D eigenvalue weighted by atomic mass is 10.0. The van der Waals surface area contributed by atoms with Crippen LogP contribution in [-0.4, -0.2) is 19.7 Å². The van der Waals surface area contributed by atoms with E-state index >= 15 is 0 Å². The van der Waals surface area contributed by atoms with E-state index in [-0.39, 0.29) is 30.8 Å².